The third-order valence-electron chi connectivity index (χ3n) is 4.65. The zero-order valence-corrected chi connectivity index (χ0v) is 15.1. The smallest absolute Gasteiger partial charge is 0.254 e. The third-order valence-corrected chi connectivity index (χ3v) is 4.65. The zero-order chi connectivity index (χ0) is 18.4. The van der Waals surface area contributed by atoms with E-state index >= 15 is 0 Å². The average Bonchev–Trinajstić information content (AvgIpc) is 2.67. The molecule has 0 saturated carbocycles. The van der Waals surface area contributed by atoms with Crippen molar-refractivity contribution in [3.05, 3.63) is 65.7 Å². The number of nitrogens with zero attached hydrogens (tertiary/aromatic N) is 2. The van der Waals surface area contributed by atoms with Crippen LogP contribution in [-0.2, 0) is 11.2 Å². The topological polar surface area (TPSA) is 52.7 Å². The summed E-state index contributed by atoms with van der Waals surface area (Å²) in [6.45, 7) is 5.73. The molecule has 3 rings (SSSR count). The molecule has 1 aliphatic heterocycles. The number of hydrogen-bond donors (Lipinski definition) is 1. The van der Waals surface area contributed by atoms with E-state index in [0.29, 0.717) is 11.3 Å². The number of benzene rings is 2. The second-order valence-corrected chi connectivity index (χ2v) is 6.63. The fourth-order valence-electron chi connectivity index (χ4n) is 3.22. The minimum Gasteiger partial charge on any atom is -0.336 e. The van der Waals surface area contributed by atoms with Crippen LogP contribution in [0.4, 0.5) is 5.69 Å². The van der Waals surface area contributed by atoms with Crippen molar-refractivity contribution in [1.29, 1.82) is 0 Å². The molecule has 0 aromatic heterocycles. The van der Waals surface area contributed by atoms with Crippen LogP contribution in [0.5, 0.6) is 0 Å². The van der Waals surface area contributed by atoms with Crippen molar-refractivity contribution in [2.24, 2.45) is 0 Å². The Bertz CT molecular complexity index is 753. The third kappa shape index (κ3) is 4.92. The van der Waals surface area contributed by atoms with Gasteiger partial charge in [-0.1, -0.05) is 36.4 Å². The number of anilines is 1. The molecule has 0 bridgehead atoms. The first-order valence-corrected chi connectivity index (χ1v) is 9.05. The van der Waals surface area contributed by atoms with Crippen molar-refractivity contribution in [2.45, 2.75) is 13.3 Å². The molecule has 5 heteroatoms. The zero-order valence-electron chi connectivity index (χ0n) is 15.1. The van der Waals surface area contributed by atoms with Crippen molar-refractivity contribution >= 4 is 17.5 Å². The number of rotatable bonds is 5. The molecule has 1 fully saturated rings. The van der Waals surface area contributed by atoms with Gasteiger partial charge in [0.1, 0.15) is 0 Å². The van der Waals surface area contributed by atoms with Crippen LogP contribution in [0.1, 0.15) is 22.8 Å². The lowest BCUT2D eigenvalue weighted by atomic mass is 10.1. The molecule has 0 aliphatic carbocycles. The molecule has 0 spiro atoms. The van der Waals surface area contributed by atoms with E-state index in [-0.39, 0.29) is 11.8 Å². The van der Waals surface area contributed by atoms with Gasteiger partial charge in [-0.25, -0.2) is 0 Å². The van der Waals surface area contributed by atoms with Gasteiger partial charge in [-0.2, -0.15) is 0 Å². The fourth-order valence-corrected chi connectivity index (χ4v) is 3.22. The Morgan fingerprint density at radius 2 is 1.69 bits per heavy atom. The predicted molar refractivity (Wildman–Crippen MR) is 103 cm³/mol. The molecule has 2 amide bonds. The van der Waals surface area contributed by atoms with Gasteiger partial charge in [0, 0.05) is 50.9 Å². The summed E-state index contributed by atoms with van der Waals surface area (Å²) >= 11 is 0. The van der Waals surface area contributed by atoms with E-state index in [1.54, 1.807) is 24.3 Å². The van der Waals surface area contributed by atoms with Crippen LogP contribution >= 0.6 is 0 Å². The van der Waals surface area contributed by atoms with Gasteiger partial charge in [0.25, 0.3) is 5.91 Å². The fraction of sp³-hybridized carbons (Fsp3) is 0.333. The first kappa shape index (κ1) is 18.1. The van der Waals surface area contributed by atoms with Crippen LogP contribution in [0.3, 0.4) is 0 Å². The maximum Gasteiger partial charge on any atom is 0.254 e. The molecular weight excluding hydrogens is 326 g/mol. The van der Waals surface area contributed by atoms with E-state index in [9.17, 15) is 9.59 Å². The summed E-state index contributed by atoms with van der Waals surface area (Å²) < 4.78 is 0. The second-order valence-electron chi connectivity index (χ2n) is 6.63. The predicted octanol–water partition coefficient (Wildman–Crippen LogP) is 2.65. The largest absolute Gasteiger partial charge is 0.336 e. The lowest BCUT2D eigenvalue weighted by Crippen LogP contribution is -2.49. The number of hydrogen-bond acceptors (Lipinski definition) is 3. The molecule has 1 saturated heterocycles. The second kappa shape index (κ2) is 8.63. The average molecular weight is 351 g/mol. The summed E-state index contributed by atoms with van der Waals surface area (Å²) in [7, 11) is 0. The van der Waals surface area contributed by atoms with Gasteiger partial charge in [0.15, 0.2) is 0 Å². The van der Waals surface area contributed by atoms with Crippen molar-refractivity contribution in [3.63, 3.8) is 0 Å². The highest BCUT2D eigenvalue weighted by atomic mass is 16.2. The highest BCUT2D eigenvalue weighted by molar-refractivity contribution is 5.96. The monoisotopic (exact) mass is 351 g/mol. The molecule has 26 heavy (non-hydrogen) atoms. The van der Waals surface area contributed by atoms with Crippen molar-refractivity contribution < 1.29 is 9.59 Å². The van der Waals surface area contributed by atoms with E-state index in [1.165, 1.54) is 12.5 Å². The van der Waals surface area contributed by atoms with E-state index in [2.05, 4.69) is 34.5 Å². The van der Waals surface area contributed by atoms with Crippen LogP contribution in [0.25, 0.3) is 0 Å². The number of nitrogens with one attached hydrogen (secondary N) is 1. The highest BCUT2D eigenvalue weighted by Crippen LogP contribution is 2.14. The summed E-state index contributed by atoms with van der Waals surface area (Å²) in [5.41, 5.74) is 2.62. The van der Waals surface area contributed by atoms with Gasteiger partial charge in [0.05, 0.1) is 0 Å². The van der Waals surface area contributed by atoms with Crippen LogP contribution < -0.4 is 5.32 Å². The maximum atomic E-state index is 12.7. The maximum absolute atomic E-state index is 12.7. The van der Waals surface area contributed by atoms with Gasteiger partial charge in [-0.3, -0.25) is 14.5 Å². The molecule has 1 heterocycles. The van der Waals surface area contributed by atoms with Gasteiger partial charge in [-0.05, 0) is 30.2 Å². The van der Waals surface area contributed by atoms with Crippen LogP contribution in [-0.4, -0.2) is 54.3 Å². The number of carbonyl (C=O) groups is 2. The Kier molecular flexibility index (Phi) is 6.02. The van der Waals surface area contributed by atoms with E-state index in [1.807, 2.05) is 11.0 Å². The molecule has 0 radical (unpaired) electrons. The summed E-state index contributed by atoms with van der Waals surface area (Å²) in [4.78, 5) is 28.2. The Morgan fingerprint density at radius 3 is 2.38 bits per heavy atom. The normalized spacial score (nSPS) is 14.9. The Labute approximate surface area is 154 Å². The lowest BCUT2D eigenvalue weighted by Gasteiger charge is -2.34. The molecule has 2 aromatic carbocycles. The first-order chi connectivity index (χ1) is 12.6. The van der Waals surface area contributed by atoms with Gasteiger partial charge in [-0.15, -0.1) is 0 Å². The van der Waals surface area contributed by atoms with Gasteiger partial charge >= 0.3 is 0 Å². The van der Waals surface area contributed by atoms with E-state index in [0.717, 1.165) is 39.1 Å². The first-order valence-electron chi connectivity index (χ1n) is 9.05. The van der Waals surface area contributed by atoms with Crippen LogP contribution in [0.15, 0.2) is 54.6 Å². The SMILES string of the molecule is CC(=O)Nc1cccc(C(=O)N2CCN(CCc3ccccc3)CC2)c1. The summed E-state index contributed by atoms with van der Waals surface area (Å²) in [5, 5.41) is 2.72. The Morgan fingerprint density at radius 1 is 0.962 bits per heavy atom. The molecule has 136 valence electrons. The molecule has 1 aliphatic rings. The molecule has 2 aromatic rings. The minimum atomic E-state index is -0.137. The number of piperazine rings is 1. The quantitative estimate of drug-likeness (QED) is 0.901. The minimum absolute atomic E-state index is 0.0277. The lowest BCUT2D eigenvalue weighted by molar-refractivity contribution is -0.114. The summed E-state index contributed by atoms with van der Waals surface area (Å²) in [6.07, 6.45) is 1.04. The molecular formula is C21H25N3O2. The van der Waals surface area contributed by atoms with Crippen LogP contribution in [0, 0.1) is 0 Å². The van der Waals surface area contributed by atoms with Crippen molar-refractivity contribution in [1.82, 2.24) is 9.80 Å². The molecule has 5 nitrogen and oxygen atoms in total. The molecule has 0 unspecified atom stereocenters. The highest BCUT2D eigenvalue weighted by Gasteiger charge is 2.22. The van der Waals surface area contributed by atoms with Crippen molar-refractivity contribution in [3.8, 4) is 0 Å². The standard InChI is InChI=1S/C21H25N3O2/c1-17(25)22-20-9-5-8-19(16-20)21(26)24-14-12-23(13-15-24)11-10-18-6-3-2-4-7-18/h2-9,16H,10-15H2,1H3,(H,22,25). The summed E-state index contributed by atoms with van der Waals surface area (Å²) in [6, 6.07) is 17.6. The Hall–Kier alpha value is -2.66. The van der Waals surface area contributed by atoms with Gasteiger partial charge < -0.3 is 10.2 Å². The van der Waals surface area contributed by atoms with E-state index < -0.39 is 0 Å². The molecule has 1 N–H and O–H groups in total. The van der Waals surface area contributed by atoms with E-state index in [4.69, 9.17) is 0 Å². The van der Waals surface area contributed by atoms with Crippen LogP contribution in [0.2, 0.25) is 0 Å². The summed E-state index contributed by atoms with van der Waals surface area (Å²) in [5.74, 6) is -0.110. The number of carbonyl (C=O) groups excluding carboxylic acids is 2. The van der Waals surface area contributed by atoms with Crippen molar-refractivity contribution in [2.75, 3.05) is 38.0 Å². The molecule has 0 atom stereocenters. The van der Waals surface area contributed by atoms with Gasteiger partial charge in [0.2, 0.25) is 5.91 Å². The number of amides is 2. The Balaban J connectivity index is 1.51.